The number of aromatic nitrogens is 2. The number of nitrogens with zero attached hydrogens (tertiary/aromatic N) is 2. The molecule has 0 aliphatic heterocycles. The zero-order valence-electron chi connectivity index (χ0n) is 13.7. The van der Waals surface area contributed by atoms with Gasteiger partial charge in [-0.25, -0.2) is 9.97 Å². The molecule has 0 aliphatic rings. The van der Waals surface area contributed by atoms with Gasteiger partial charge in [0.15, 0.2) is 0 Å². The minimum Gasteiger partial charge on any atom is -0.366 e. The van der Waals surface area contributed by atoms with Gasteiger partial charge in [0.25, 0.3) is 0 Å². The van der Waals surface area contributed by atoms with Crippen LogP contribution in [0.25, 0.3) is 0 Å². The van der Waals surface area contributed by atoms with E-state index in [2.05, 4.69) is 15.3 Å². The van der Waals surface area contributed by atoms with Crippen molar-refractivity contribution in [3.8, 4) is 0 Å². The van der Waals surface area contributed by atoms with Crippen molar-refractivity contribution in [2.45, 2.75) is 24.1 Å². The van der Waals surface area contributed by atoms with Crippen molar-refractivity contribution in [2.75, 3.05) is 5.32 Å². The molecule has 3 rings (SSSR count). The Morgan fingerprint density at radius 3 is 2.24 bits per heavy atom. The summed E-state index contributed by atoms with van der Waals surface area (Å²) in [5.41, 5.74) is 2.14. The largest absolute Gasteiger partial charge is 0.366 e. The van der Waals surface area contributed by atoms with Gasteiger partial charge >= 0.3 is 0 Å². The summed E-state index contributed by atoms with van der Waals surface area (Å²) in [7, 11) is 0. The molecular weight excluding hydrogens is 373 g/mol. The number of thioether (sulfide) groups is 1. The Balaban J connectivity index is 1.63. The summed E-state index contributed by atoms with van der Waals surface area (Å²) in [5, 5.41) is 4.83. The number of hydrogen-bond acceptors (Lipinski definition) is 4. The Bertz CT molecular complexity index is 769. The van der Waals surface area contributed by atoms with Crippen molar-refractivity contribution in [2.24, 2.45) is 0 Å². The summed E-state index contributed by atoms with van der Waals surface area (Å²) in [6.45, 7) is 2.60. The van der Waals surface area contributed by atoms with Crippen molar-refractivity contribution < 1.29 is 0 Å². The van der Waals surface area contributed by atoms with Crippen LogP contribution in [0.3, 0.4) is 0 Å². The van der Waals surface area contributed by atoms with Gasteiger partial charge in [0, 0.05) is 33.3 Å². The van der Waals surface area contributed by atoms with Crippen LogP contribution in [0.1, 0.15) is 17.1 Å². The summed E-state index contributed by atoms with van der Waals surface area (Å²) in [4.78, 5) is 10.1. The number of nitrogens with one attached hydrogen (secondary N) is 1. The minimum absolute atomic E-state index is 0.692. The highest BCUT2D eigenvalue weighted by Gasteiger charge is 2.04. The van der Waals surface area contributed by atoms with Crippen molar-refractivity contribution in [1.29, 1.82) is 0 Å². The minimum atomic E-state index is 0.692. The third kappa shape index (κ3) is 5.63. The molecule has 0 atom stereocenters. The van der Waals surface area contributed by atoms with E-state index in [-0.39, 0.29) is 0 Å². The van der Waals surface area contributed by atoms with E-state index in [1.165, 1.54) is 0 Å². The Morgan fingerprint density at radius 2 is 1.56 bits per heavy atom. The fraction of sp³-hybridized carbons (Fsp3) is 0.158. The Labute approximate surface area is 161 Å². The van der Waals surface area contributed by atoms with E-state index in [1.54, 1.807) is 11.8 Å². The van der Waals surface area contributed by atoms with Crippen LogP contribution in [0.15, 0.2) is 59.5 Å². The molecule has 2 aromatic carbocycles. The van der Waals surface area contributed by atoms with Gasteiger partial charge in [-0.1, -0.05) is 35.3 Å². The molecule has 1 aromatic heterocycles. The summed E-state index contributed by atoms with van der Waals surface area (Å²) in [6.07, 6.45) is 0. The third-order valence-corrected chi connectivity index (χ3v) is 5.03. The Morgan fingerprint density at radius 1 is 0.920 bits per heavy atom. The summed E-state index contributed by atoms with van der Waals surface area (Å²) in [5.74, 6) is 2.36. The zero-order valence-corrected chi connectivity index (χ0v) is 16.0. The molecule has 0 amide bonds. The molecule has 3 aromatic rings. The number of anilines is 1. The molecule has 0 saturated heterocycles. The first-order valence-corrected chi connectivity index (χ1v) is 9.54. The van der Waals surface area contributed by atoms with E-state index in [0.29, 0.717) is 6.54 Å². The van der Waals surface area contributed by atoms with Crippen molar-refractivity contribution in [3.63, 3.8) is 0 Å². The molecule has 0 fully saturated rings. The van der Waals surface area contributed by atoms with Crippen LogP contribution >= 0.6 is 35.0 Å². The molecule has 0 bridgehead atoms. The molecule has 3 nitrogen and oxygen atoms in total. The lowest BCUT2D eigenvalue weighted by Crippen LogP contribution is -2.04. The highest BCUT2D eigenvalue weighted by Crippen LogP contribution is 2.24. The van der Waals surface area contributed by atoms with Crippen LogP contribution in [-0.2, 0) is 12.3 Å². The van der Waals surface area contributed by atoms with E-state index >= 15 is 0 Å². The summed E-state index contributed by atoms with van der Waals surface area (Å²) < 4.78 is 0. The lowest BCUT2D eigenvalue weighted by molar-refractivity contribution is 0.985. The Hall–Kier alpha value is -1.75. The molecule has 0 saturated carbocycles. The van der Waals surface area contributed by atoms with Gasteiger partial charge in [-0.2, -0.15) is 0 Å². The van der Waals surface area contributed by atoms with Crippen LogP contribution in [-0.4, -0.2) is 9.97 Å². The SMILES string of the molecule is Cc1nc(CSc2ccc(Cl)cc2)cc(NCc2ccc(Cl)cc2)n1. The molecule has 6 heteroatoms. The van der Waals surface area contributed by atoms with Crippen LogP contribution < -0.4 is 5.32 Å². The van der Waals surface area contributed by atoms with E-state index in [4.69, 9.17) is 23.2 Å². The molecule has 1 N–H and O–H groups in total. The lowest BCUT2D eigenvalue weighted by atomic mass is 10.2. The van der Waals surface area contributed by atoms with Crippen molar-refractivity contribution >= 4 is 40.8 Å². The average molecular weight is 390 g/mol. The lowest BCUT2D eigenvalue weighted by Gasteiger charge is -2.09. The quantitative estimate of drug-likeness (QED) is 0.524. The van der Waals surface area contributed by atoms with Gasteiger partial charge in [-0.15, -0.1) is 11.8 Å². The van der Waals surface area contributed by atoms with Gasteiger partial charge in [-0.05, 0) is 48.9 Å². The van der Waals surface area contributed by atoms with E-state index < -0.39 is 0 Å². The number of aryl methyl sites for hydroxylation is 1. The monoisotopic (exact) mass is 389 g/mol. The second-order valence-electron chi connectivity index (χ2n) is 5.51. The first-order chi connectivity index (χ1) is 12.1. The first-order valence-electron chi connectivity index (χ1n) is 7.80. The van der Waals surface area contributed by atoms with Gasteiger partial charge in [0.05, 0.1) is 5.69 Å². The fourth-order valence-electron chi connectivity index (χ4n) is 2.28. The first kappa shape index (κ1) is 18.1. The molecule has 0 aliphatic carbocycles. The van der Waals surface area contributed by atoms with Gasteiger partial charge < -0.3 is 5.32 Å². The maximum Gasteiger partial charge on any atom is 0.130 e. The second kappa shape index (κ2) is 8.56. The normalized spacial score (nSPS) is 10.7. The standard InChI is InChI=1S/C19H17Cl2N3S/c1-13-23-17(12-25-18-8-6-16(21)7-9-18)10-19(24-13)22-11-14-2-4-15(20)5-3-14/h2-10H,11-12H2,1H3,(H,22,23,24). The molecule has 1 heterocycles. The van der Waals surface area contributed by atoms with Gasteiger partial charge in [0.2, 0.25) is 0 Å². The number of benzene rings is 2. The highest BCUT2D eigenvalue weighted by atomic mass is 35.5. The number of hydrogen-bond donors (Lipinski definition) is 1. The van der Waals surface area contributed by atoms with Crippen LogP contribution in [0.5, 0.6) is 0 Å². The average Bonchev–Trinajstić information content (AvgIpc) is 2.60. The van der Waals surface area contributed by atoms with E-state index in [9.17, 15) is 0 Å². The second-order valence-corrected chi connectivity index (χ2v) is 7.44. The molecule has 25 heavy (non-hydrogen) atoms. The molecule has 0 radical (unpaired) electrons. The van der Waals surface area contributed by atoms with Gasteiger partial charge in [0.1, 0.15) is 11.6 Å². The number of halogens is 2. The molecule has 0 unspecified atom stereocenters. The topological polar surface area (TPSA) is 37.8 Å². The third-order valence-electron chi connectivity index (χ3n) is 3.48. The number of rotatable bonds is 6. The zero-order chi connectivity index (χ0) is 17.6. The van der Waals surface area contributed by atoms with Gasteiger partial charge in [-0.3, -0.25) is 0 Å². The van der Waals surface area contributed by atoms with Crippen LogP contribution in [0.4, 0.5) is 5.82 Å². The highest BCUT2D eigenvalue weighted by molar-refractivity contribution is 7.98. The van der Waals surface area contributed by atoms with E-state index in [0.717, 1.165) is 43.6 Å². The predicted molar refractivity (Wildman–Crippen MR) is 107 cm³/mol. The molecule has 0 spiro atoms. The molecule has 128 valence electrons. The molecular formula is C19H17Cl2N3S. The predicted octanol–water partition coefficient (Wildman–Crippen LogP) is 6.00. The van der Waals surface area contributed by atoms with Crippen molar-refractivity contribution in [3.05, 3.63) is 81.7 Å². The van der Waals surface area contributed by atoms with Crippen LogP contribution in [0.2, 0.25) is 10.0 Å². The smallest absolute Gasteiger partial charge is 0.130 e. The van der Waals surface area contributed by atoms with Crippen molar-refractivity contribution in [1.82, 2.24) is 9.97 Å². The fourth-order valence-corrected chi connectivity index (χ4v) is 3.32. The summed E-state index contributed by atoms with van der Waals surface area (Å²) >= 11 is 13.6. The van der Waals surface area contributed by atoms with Crippen LogP contribution in [0, 0.1) is 6.92 Å². The van der Waals surface area contributed by atoms with E-state index in [1.807, 2.05) is 61.5 Å². The summed E-state index contributed by atoms with van der Waals surface area (Å²) in [6, 6.07) is 17.6. The maximum absolute atomic E-state index is 5.92. The Kier molecular flexibility index (Phi) is 6.19. The maximum atomic E-state index is 5.92.